The average molecular weight is 383 g/mol. The van der Waals surface area contributed by atoms with Gasteiger partial charge in [-0.05, 0) is 39.0 Å². The molecule has 1 aliphatic rings. The molecule has 0 aromatic carbocycles. The van der Waals surface area contributed by atoms with E-state index in [2.05, 4.69) is 13.8 Å². The zero-order chi connectivity index (χ0) is 20.1. The van der Waals surface area contributed by atoms with E-state index in [9.17, 15) is 9.59 Å². The van der Waals surface area contributed by atoms with E-state index in [-0.39, 0.29) is 29.9 Å². The van der Waals surface area contributed by atoms with Gasteiger partial charge in [0.1, 0.15) is 0 Å². The van der Waals surface area contributed by atoms with Crippen molar-refractivity contribution in [1.29, 1.82) is 0 Å². The van der Waals surface area contributed by atoms with E-state index >= 15 is 0 Å². The highest BCUT2D eigenvalue weighted by atomic mass is 16.5. The Kier molecular flexibility index (Phi) is 12.4. The van der Waals surface area contributed by atoms with Gasteiger partial charge in [-0.2, -0.15) is 0 Å². The molecular formula is C23H42O4. The molecule has 0 aromatic heterocycles. The smallest absolute Gasteiger partial charge is 0.310 e. The summed E-state index contributed by atoms with van der Waals surface area (Å²) in [5, 5.41) is 0. The maximum absolute atomic E-state index is 12.4. The fourth-order valence-electron chi connectivity index (χ4n) is 3.83. The zero-order valence-corrected chi connectivity index (χ0v) is 18.1. The summed E-state index contributed by atoms with van der Waals surface area (Å²) in [6.45, 7) is 8.74. The van der Waals surface area contributed by atoms with Crippen LogP contribution < -0.4 is 0 Å². The maximum atomic E-state index is 12.4. The van der Waals surface area contributed by atoms with Gasteiger partial charge in [0.05, 0.1) is 24.5 Å². The first-order valence-corrected chi connectivity index (χ1v) is 11.3. The number of carbonyl (C=O) groups excluding carboxylic acids is 2. The number of esters is 2. The lowest BCUT2D eigenvalue weighted by Crippen LogP contribution is -2.36. The Morgan fingerprint density at radius 1 is 0.778 bits per heavy atom. The van der Waals surface area contributed by atoms with E-state index < -0.39 is 0 Å². The van der Waals surface area contributed by atoms with Crippen molar-refractivity contribution in [1.82, 2.24) is 0 Å². The first-order valence-electron chi connectivity index (χ1n) is 11.3. The number of hydrogen-bond acceptors (Lipinski definition) is 4. The topological polar surface area (TPSA) is 52.6 Å². The monoisotopic (exact) mass is 382 g/mol. The summed E-state index contributed by atoms with van der Waals surface area (Å²) in [7, 11) is 0. The normalized spacial score (nSPS) is 20.1. The van der Waals surface area contributed by atoms with E-state index in [1.807, 2.05) is 13.8 Å². The Bertz CT molecular complexity index is 417. The molecule has 0 amide bonds. The summed E-state index contributed by atoms with van der Waals surface area (Å²) in [5.41, 5.74) is 0. The molecule has 0 saturated heterocycles. The van der Waals surface area contributed by atoms with Gasteiger partial charge in [-0.15, -0.1) is 0 Å². The van der Waals surface area contributed by atoms with E-state index in [1.165, 1.54) is 38.5 Å². The van der Waals surface area contributed by atoms with Gasteiger partial charge in [0.25, 0.3) is 0 Å². The summed E-state index contributed by atoms with van der Waals surface area (Å²) >= 11 is 0. The van der Waals surface area contributed by atoms with E-state index in [0.29, 0.717) is 6.61 Å². The van der Waals surface area contributed by atoms with E-state index in [1.54, 1.807) is 0 Å². The SMILES string of the molecule is CC(C)CCCCCCCCCOC(=O)C1CCCCC1C(=O)OC(C)C. The lowest BCUT2D eigenvalue weighted by atomic mass is 9.79. The van der Waals surface area contributed by atoms with Crippen molar-refractivity contribution < 1.29 is 19.1 Å². The molecule has 2 atom stereocenters. The van der Waals surface area contributed by atoms with E-state index in [4.69, 9.17) is 9.47 Å². The molecule has 0 radical (unpaired) electrons. The van der Waals surface area contributed by atoms with Crippen LogP contribution in [0.5, 0.6) is 0 Å². The molecule has 1 saturated carbocycles. The van der Waals surface area contributed by atoms with Crippen LogP contribution in [0.3, 0.4) is 0 Å². The number of unbranched alkanes of at least 4 members (excludes halogenated alkanes) is 6. The van der Waals surface area contributed by atoms with Crippen molar-refractivity contribution in [2.24, 2.45) is 17.8 Å². The third-order valence-electron chi connectivity index (χ3n) is 5.39. The van der Waals surface area contributed by atoms with Crippen molar-refractivity contribution in [3.05, 3.63) is 0 Å². The highest BCUT2D eigenvalue weighted by molar-refractivity contribution is 5.82. The molecule has 1 aliphatic carbocycles. The van der Waals surface area contributed by atoms with Gasteiger partial charge in [-0.3, -0.25) is 9.59 Å². The Balaban J connectivity index is 2.14. The van der Waals surface area contributed by atoms with Crippen molar-refractivity contribution in [3.8, 4) is 0 Å². The molecule has 0 N–H and O–H groups in total. The highest BCUT2D eigenvalue weighted by Crippen LogP contribution is 2.32. The van der Waals surface area contributed by atoms with E-state index in [0.717, 1.165) is 44.4 Å². The van der Waals surface area contributed by atoms with Gasteiger partial charge in [-0.1, -0.05) is 71.6 Å². The van der Waals surface area contributed by atoms with Crippen LogP contribution in [0.4, 0.5) is 0 Å². The fourth-order valence-corrected chi connectivity index (χ4v) is 3.83. The Hall–Kier alpha value is -1.06. The zero-order valence-electron chi connectivity index (χ0n) is 18.1. The minimum Gasteiger partial charge on any atom is -0.465 e. The van der Waals surface area contributed by atoms with Crippen LogP contribution in [0.25, 0.3) is 0 Å². The molecule has 0 bridgehead atoms. The number of carbonyl (C=O) groups is 2. The molecule has 1 fully saturated rings. The first kappa shape index (κ1) is 24.0. The second-order valence-electron chi connectivity index (χ2n) is 8.81. The molecule has 0 aliphatic heterocycles. The second kappa shape index (κ2) is 14.0. The molecule has 27 heavy (non-hydrogen) atoms. The quantitative estimate of drug-likeness (QED) is 0.287. The van der Waals surface area contributed by atoms with Crippen LogP contribution in [0.15, 0.2) is 0 Å². The van der Waals surface area contributed by atoms with Crippen LogP contribution >= 0.6 is 0 Å². The van der Waals surface area contributed by atoms with Gasteiger partial charge in [0.15, 0.2) is 0 Å². The minimum absolute atomic E-state index is 0.138. The molecule has 158 valence electrons. The predicted molar refractivity (Wildman–Crippen MR) is 109 cm³/mol. The Morgan fingerprint density at radius 2 is 1.30 bits per heavy atom. The average Bonchev–Trinajstić information content (AvgIpc) is 2.62. The number of hydrogen-bond donors (Lipinski definition) is 0. The number of rotatable bonds is 13. The third-order valence-corrected chi connectivity index (χ3v) is 5.39. The molecular weight excluding hydrogens is 340 g/mol. The molecule has 0 spiro atoms. The van der Waals surface area contributed by atoms with Gasteiger partial charge in [0.2, 0.25) is 0 Å². The van der Waals surface area contributed by atoms with Gasteiger partial charge in [-0.25, -0.2) is 0 Å². The summed E-state index contributed by atoms with van der Waals surface area (Å²) in [6.07, 6.45) is 13.2. The molecule has 4 heteroatoms. The Morgan fingerprint density at radius 3 is 1.85 bits per heavy atom. The Labute approximate surface area is 166 Å². The predicted octanol–water partition coefficient (Wildman–Crippen LogP) is 6.06. The molecule has 0 heterocycles. The minimum atomic E-state index is -0.320. The van der Waals surface area contributed by atoms with Gasteiger partial charge < -0.3 is 9.47 Å². The first-order chi connectivity index (χ1) is 12.9. The van der Waals surface area contributed by atoms with Gasteiger partial charge >= 0.3 is 11.9 Å². The fraction of sp³-hybridized carbons (Fsp3) is 0.913. The van der Waals surface area contributed by atoms with Crippen LogP contribution in [-0.4, -0.2) is 24.6 Å². The van der Waals surface area contributed by atoms with Crippen LogP contribution in [0.2, 0.25) is 0 Å². The largest absolute Gasteiger partial charge is 0.465 e. The maximum Gasteiger partial charge on any atom is 0.310 e. The standard InChI is InChI=1S/C23H42O4/c1-18(2)14-10-8-6-5-7-9-13-17-26-22(24)20-15-11-12-16-21(20)23(25)27-19(3)4/h18-21H,5-17H2,1-4H3. The molecule has 1 rings (SSSR count). The summed E-state index contributed by atoms with van der Waals surface area (Å²) < 4.78 is 10.8. The van der Waals surface area contributed by atoms with Crippen LogP contribution in [0.1, 0.15) is 105 Å². The van der Waals surface area contributed by atoms with Gasteiger partial charge in [0, 0.05) is 0 Å². The van der Waals surface area contributed by atoms with Crippen molar-refractivity contribution in [2.75, 3.05) is 6.61 Å². The second-order valence-corrected chi connectivity index (χ2v) is 8.81. The molecule has 2 unspecified atom stereocenters. The van der Waals surface area contributed by atoms with Crippen molar-refractivity contribution in [2.45, 2.75) is 111 Å². The van der Waals surface area contributed by atoms with Crippen molar-refractivity contribution >= 4 is 11.9 Å². The molecule has 0 aromatic rings. The number of ether oxygens (including phenoxy) is 2. The summed E-state index contributed by atoms with van der Waals surface area (Å²) in [5.74, 6) is -0.251. The van der Waals surface area contributed by atoms with Crippen LogP contribution in [-0.2, 0) is 19.1 Å². The summed E-state index contributed by atoms with van der Waals surface area (Å²) in [4.78, 5) is 24.7. The third kappa shape index (κ3) is 10.8. The van der Waals surface area contributed by atoms with Crippen LogP contribution in [0, 0.1) is 17.8 Å². The lowest BCUT2D eigenvalue weighted by Gasteiger charge is -2.28. The summed E-state index contributed by atoms with van der Waals surface area (Å²) in [6, 6.07) is 0. The molecule has 4 nitrogen and oxygen atoms in total. The highest BCUT2D eigenvalue weighted by Gasteiger charge is 2.38. The lowest BCUT2D eigenvalue weighted by molar-refractivity contribution is -0.165. The van der Waals surface area contributed by atoms with Crippen molar-refractivity contribution in [3.63, 3.8) is 0 Å².